The van der Waals surface area contributed by atoms with Crippen LogP contribution in [0.5, 0.6) is 5.75 Å². The van der Waals surface area contributed by atoms with Gasteiger partial charge < -0.3 is 19.5 Å². The van der Waals surface area contributed by atoms with Crippen molar-refractivity contribution in [2.45, 2.75) is 97.1 Å². The number of rotatable bonds is 16. The molecule has 222 valence electrons. The molecule has 1 atom stereocenters. The highest BCUT2D eigenvalue weighted by Crippen LogP contribution is 2.37. The third-order valence-corrected chi connectivity index (χ3v) is 8.41. The van der Waals surface area contributed by atoms with E-state index in [0.717, 1.165) is 57.2 Å². The summed E-state index contributed by atoms with van der Waals surface area (Å²) in [5.41, 5.74) is -0.169. The molecule has 2 N–H and O–H groups in total. The maximum Gasteiger partial charge on any atom is 0.312 e. The lowest BCUT2D eigenvalue weighted by molar-refractivity contribution is -0.170. The number of hydrogen-bond acceptors (Lipinski definition) is 8. The predicted octanol–water partition coefficient (Wildman–Crippen LogP) is 4.14. The molecule has 9 nitrogen and oxygen atoms in total. The van der Waals surface area contributed by atoms with E-state index in [1.54, 1.807) is 0 Å². The van der Waals surface area contributed by atoms with Crippen molar-refractivity contribution in [3.05, 3.63) is 29.8 Å². The Labute approximate surface area is 234 Å². The molecule has 10 heteroatoms. The summed E-state index contributed by atoms with van der Waals surface area (Å²) in [5, 5.41) is 3.34. The highest BCUT2D eigenvalue weighted by Gasteiger charge is 2.41. The second kappa shape index (κ2) is 15.6. The van der Waals surface area contributed by atoms with Crippen molar-refractivity contribution in [1.29, 1.82) is 0 Å². The maximum absolute atomic E-state index is 13.1. The van der Waals surface area contributed by atoms with Gasteiger partial charge in [-0.15, -0.1) is 0 Å². The van der Waals surface area contributed by atoms with Crippen LogP contribution in [0.1, 0.15) is 84.6 Å². The lowest BCUT2D eigenvalue weighted by Gasteiger charge is -2.37. The molecule has 0 aliphatic carbocycles. The van der Waals surface area contributed by atoms with E-state index >= 15 is 0 Å². The van der Waals surface area contributed by atoms with Crippen molar-refractivity contribution in [3.63, 3.8) is 0 Å². The number of carbonyl (C=O) groups is 2. The Morgan fingerprint density at radius 3 is 2.44 bits per heavy atom. The van der Waals surface area contributed by atoms with E-state index in [1.807, 2.05) is 52.0 Å². The first-order valence-electron chi connectivity index (χ1n) is 14.1. The SMILES string of the molecule is CCCCS(=O)(=O)NC(CC(=O)OC)Cc1ccccc1OCCCCC1(C(=O)OC(C)(C)C)CCNCC1. The van der Waals surface area contributed by atoms with Crippen molar-refractivity contribution in [2.24, 2.45) is 5.41 Å². The first-order valence-corrected chi connectivity index (χ1v) is 15.8. The Kier molecular flexibility index (Phi) is 13.2. The second-order valence-electron chi connectivity index (χ2n) is 11.4. The number of para-hydroxylation sites is 1. The first-order chi connectivity index (χ1) is 18.4. The molecule has 1 unspecified atom stereocenters. The molecule has 1 aliphatic heterocycles. The minimum atomic E-state index is -3.53. The van der Waals surface area contributed by atoms with Crippen LogP contribution in [0.15, 0.2) is 24.3 Å². The number of ether oxygens (including phenoxy) is 3. The summed E-state index contributed by atoms with van der Waals surface area (Å²) in [6.45, 7) is 9.70. The van der Waals surface area contributed by atoms with Gasteiger partial charge in [0.1, 0.15) is 11.4 Å². The zero-order valence-corrected chi connectivity index (χ0v) is 25.2. The number of sulfonamides is 1. The van der Waals surface area contributed by atoms with Crippen LogP contribution in [0.4, 0.5) is 0 Å². The van der Waals surface area contributed by atoms with E-state index in [4.69, 9.17) is 14.2 Å². The lowest BCUT2D eigenvalue weighted by atomic mass is 9.75. The number of unbranched alkanes of at least 4 members (excludes halogenated alkanes) is 2. The molecule has 1 saturated heterocycles. The van der Waals surface area contributed by atoms with E-state index in [2.05, 4.69) is 10.0 Å². The fourth-order valence-electron chi connectivity index (χ4n) is 4.76. The lowest BCUT2D eigenvalue weighted by Crippen LogP contribution is -2.45. The van der Waals surface area contributed by atoms with Crippen LogP contribution in [0.3, 0.4) is 0 Å². The monoisotopic (exact) mass is 568 g/mol. The van der Waals surface area contributed by atoms with Crippen molar-refractivity contribution in [1.82, 2.24) is 10.0 Å². The van der Waals surface area contributed by atoms with E-state index in [9.17, 15) is 18.0 Å². The fourth-order valence-corrected chi connectivity index (χ4v) is 6.22. The molecule has 0 saturated carbocycles. The molecule has 1 aliphatic rings. The Morgan fingerprint density at radius 2 is 1.79 bits per heavy atom. The van der Waals surface area contributed by atoms with Gasteiger partial charge in [0, 0.05) is 6.04 Å². The molecule has 0 amide bonds. The molecule has 1 aromatic carbocycles. The quantitative estimate of drug-likeness (QED) is 0.226. The maximum atomic E-state index is 13.1. The zero-order chi connectivity index (χ0) is 28.9. The molecule has 2 rings (SSSR count). The van der Waals surface area contributed by atoms with Crippen molar-refractivity contribution in [3.8, 4) is 5.75 Å². The van der Waals surface area contributed by atoms with E-state index < -0.39 is 33.1 Å². The van der Waals surface area contributed by atoms with Gasteiger partial charge in [-0.2, -0.15) is 0 Å². The highest BCUT2D eigenvalue weighted by molar-refractivity contribution is 7.89. The summed E-state index contributed by atoms with van der Waals surface area (Å²) in [7, 11) is -2.24. The molecule has 1 fully saturated rings. The Balaban J connectivity index is 1.99. The van der Waals surface area contributed by atoms with Gasteiger partial charge in [0.2, 0.25) is 10.0 Å². The van der Waals surface area contributed by atoms with E-state index in [1.165, 1.54) is 7.11 Å². The predicted molar refractivity (Wildman–Crippen MR) is 152 cm³/mol. The number of methoxy groups -OCH3 is 1. The van der Waals surface area contributed by atoms with Crippen LogP contribution in [0.2, 0.25) is 0 Å². The van der Waals surface area contributed by atoms with Gasteiger partial charge in [0.25, 0.3) is 0 Å². The smallest absolute Gasteiger partial charge is 0.312 e. The molecular formula is C29H48N2O7S. The van der Waals surface area contributed by atoms with Crippen molar-refractivity contribution in [2.75, 3.05) is 32.6 Å². The summed E-state index contributed by atoms with van der Waals surface area (Å²) in [6.07, 6.45) is 5.40. The summed E-state index contributed by atoms with van der Waals surface area (Å²) in [5.74, 6) is 0.0817. The van der Waals surface area contributed by atoms with E-state index in [0.29, 0.717) is 25.2 Å². The first kappa shape index (κ1) is 33.0. The number of hydrogen-bond donors (Lipinski definition) is 2. The van der Waals surface area contributed by atoms with Gasteiger partial charge >= 0.3 is 11.9 Å². The van der Waals surface area contributed by atoms with Gasteiger partial charge in [0.15, 0.2) is 0 Å². The number of carbonyl (C=O) groups excluding carboxylic acids is 2. The number of piperidine rings is 1. The number of benzene rings is 1. The van der Waals surface area contributed by atoms with Gasteiger partial charge in [-0.05, 0) is 90.4 Å². The van der Waals surface area contributed by atoms with Crippen molar-refractivity contribution >= 4 is 22.0 Å². The van der Waals surface area contributed by atoms with Crippen LogP contribution >= 0.6 is 0 Å². The highest BCUT2D eigenvalue weighted by atomic mass is 32.2. The molecule has 0 aromatic heterocycles. The molecule has 0 spiro atoms. The third kappa shape index (κ3) is 11.8. The molecule has 39 heavy (non-hydrogen) atoms. The van der Waals surface area contributed by atoms with Crippen molar-refractivity contribution < 1.29 is 32.2 Å². The topological polar surface area (TPSA) is 120 Å². The normalized spacial score (nSPS) is 16.3. The van der Waals surface area contributed by atoms with E-state index in [-0.39, 0.29) is 18.1 Å². The van der Waals surface area contributed by atoms with Gasteiger partial charge in [-0.25, -0.2) is 13.1 Å². The number of esters is 2. The number of nitrogens with one attached hydrogen (secondary N) is 2. The summed E-state index contributed by atoms with van der Waals surface area (Å²) in [6, 6.07) is 6.83. The van der Waals surface area contributed by atoms with Gasteiger partial charge in [-0.3, -0.25) is 9.59 Å². The molecular weight excluding hydrogens is 520 g/mol. The fraction of sp³-hybridized carbons (Fsp3) is 0.724. The minimum absolute atomic E-state index is 0.0141. The second-order valence-corrected chi connectivity index (χ2v) is 13.3. The Morgan fingerprint density at radius 1 is 1.10 bits per heavy atom. The van der Waals surface area contributed by atoms with Gasteiger partial charge in [-0.1, -0.05) is 31.5 Å². The summed E-state index contributed by atoms with van der Waals surface area (Å²) >= 11 is 0. The standard InChI is InChI=1S/C29H48N2O7S/c1-6-7-20-39(34,35)31-24(22-26(32)36-5)21-23-12-8-9-13-25(23)37-19-11-10-14-29(15-17-30-18-16-29)27(33)38-28(2,3)4/h8-9,12-13,24,30-31H,6-7,10-11,14-22H2,1-5H3. The molecule has 1 aromatic rings. The average molecular weight is 569 g/mol. The van der Waals surface area contributed by atoms with Crippen LogP contribution in [-0.2, 0) is 35.5 Å². The van der Waals surface area contributed by atoms with Crippen LogP contribution in [0.25, 0.3) is 0 Å². The van der Waals surface area contributed by atoms with Gasteiger partial charge in [0.05, 0.1) is 31.3 Å². The van der Waals surface area contributed by atoms with Crippen LogP contribution < -0.4 is 14.8 Å². The largest absolute Gasteiger partial charge is 0.493 e. The average Bonchev–Trinajstić information content (AvgIpc) is 2.87. The molecule has 0 bridgehead atoms. The minimum Gasteiger partial charge on any atom is -0.493 e. The summed E-state index contributed by atoms with van der Waals surface area (Å²) < 4.78 is 44.4. The van der Waals surface area contributed by atoms with Crippen LogP contribution in [0, 0.1) is 5.41 Å². The third-order valence-electron chi connectivity index (χ3n) is 6.89. The Bertz CT molecular complexity index is 1010. The molecule has 1 heterocycles. The van der Waals surface area contributed by atoms with Crippen LogP contribution in [-0.4, -0.2) is 64.6 Å². The Hall–Kier alpha value is -2.17. The molecule has 0 radical (unpaired) electrons. The summed E-state index contributed by atoms with van der Waals surface area (Å²) in [4.78, 5) is 25.1. The zero-order valence-electron chi connectivity index (χ0n) is 24.3.